The Balaban J connectivity index is 3.71. The summed E-state index contributed by atoms with van der Waals surface area (Å²) < 4.78 is 0. The maximum absolute atomic E-state index is 11.3. The first kappa shape index (κ1) is 19.4. The van der Waals surface area contributed by atoms with Crippen LogP contribution in [0.2, 0.25) is 0 Å². The largest absolute Gasteiger partial charge is 0.394 e. The lowest BCUT2D eigenvalue weighted by Crippen LogP contribution is -2.24. The minimum absolute atomic E-state index is 0.131. The fourth-order valence-electron chi connectivity index (χ4n) is 2.33. The van der Waals surface area contributed by atoms with E-state index in [1.807, 2.05) is 0 Å². The van der Waals surface area contributed by atoms with Crippen LogP contribution in [0, 0.1) is 5.92 Å². The Morgan fingerprint density at radius 1 is 1.05 bits per heavy atom. The van der Waals surface area contributed by atoms with Gasteiger partial charge in [-0.3, -0.25) is 0 Å². The van der Waals surface area contributed by atoms with Crippen LogP contribution in [0.1, 0.15) is 71.1 Å². The number of rotatable bonds is 13. The van der Waals surface area contributed by atoms with Crippen molar-refractivity contribution in [3.8, 4) is 0 Å². The summed E-state index contributed by atoms with van der Waals surface area (Å²) in [4.78, 5) is 15.1. The maximum Gasteiger partial charge on any atom is 0.345 e. The van der Waals surface area contributed by atoms with Gasteiger partial charge in [-0.15, -0.1) is 0 Å². The van der Waals surface area contributed by atoms with Gasteiger partial charge in [0.05, 0.1) is 18.6 Å². The second-order valence-corrected chi connectivity index (χ2v) is 5.44. The van der Waals surface area contributed by atoms with Crippen LogP contribution in [0.15, 0.2) is 0 Å². The molecule has 0 saturated carbocycles. The molecule has 2 unspecified atom stereocenters. The van der Waals surface area contributed by atoms with Crippen molar-refractivity contribution in [1.29, 1.82) is 0 Å². The molecule has 20 heavy (non-hydrogen) atoms. The number of aliphatic hydroxyl groups is 2. The molecule has 0 saturated heterocycles. The molecule has 0 fully saturated rings. The molecular formula is C15H30O5. The van der Waals surface area contributed by atoms with Crippen molar-refractivity contribution >= 4 is 5.97 Å². The Hall–Kier alpha value is -0.650. The van der Waals surface area contributed by atoms with Gasteiger partial charge in [0.2, 0.25) is 0 Å². The molecule has 0 aromatic heterocycles. The molecule has 2 atom stereocenters. The van der Waals surface area contributed by atoms with Gasteiger partial charge in [0.15, 0.2) is 0 Å². The summed E-state index contributed by atoms with van der Waals surface area (Å²) in [6.45, 7) is 1.81. The molecule has 0 aliphatic rings. The number of aliphatic hydroxyl groups excluding tert-OH is 2. The van der Waals surface area contributed by atoms with E-state index < -0.39 is 18.0 Å². The van der Waals surface area contributed by atoms with E-state index in [2.05, 4.69) is 11.8 Å². The first-order valence-electron chi connectivity index (χ1n) is 7.79. The van der Waals surface area contributed by atoms with E-state index in [9.17, 15) is 9.90 Å². The fraction of sp³-hybridized carbons (Fsp3) is 0.933. The number of unbranched alkanes of at least 4 members (excludes halogenated alkanes) is 7. The highest BCUT2D eigenvalue weighted by Gasteiger charge is 2.23. The van der Waals surface area contributed by atoms with Crippen LogP contribution in [-0.4, -0.2) is 34.2 Å². The lowest BCUT2D eigenvalue weighted by molar-refractivity contribution is -0.240. The molecule has 0 aromatic carbocycles. The van der Waals surface area contributed by atoms with Crippen LogP contribution in [-0.2, 0) is 9.68 Å². The smallest absolute Gasteiger partial charge is 0.345 e. The Labute approximate surface area is 121 Å². The summed E-state index contributed by atoms with van der Waals surface area (Å²) in [6, 6.07) is 0. The molecule has 3 N–H and O–H groups in total. The van der Waals surface area contributed by atoms with Gasteiger partial charge in [-0.2, -0.15) is 5.26 Å². The van der Waals surface area contributed by atoms with Crippen LogP contribution in [0.3, 0.4) is 0 Å². The second kappa shape index (κ2) is 13.3. The third-order valence-corrected chi connectivity index (χ3v) is 3.60. The minimum Gasteiger partial charge on any atom is -0.394 e. The van der Waals surface area contributed by atoms with Crippen LogP contribution in [0.25, 0.3) is 0 Å². The molecule has 0 aliphatic carbocycles. The fourth-order valence-corrected chi connectivity index (χ4v) is 2.33. The highest BCUT2D eigenvalue weighted by Crippen LogP contribution is 2.18. The van der Waals surface area contributed by atoms with E-state index in [1.54, 1.807) is 0 Å². The summed E-state index contributed by atoms with van der Waals surface area (Å²) in [5, 5.41) is 26.6. The Bertz CT molecular complexity index is 232. The Morgan fingerprint density at radius 2 is 1.60 bits per heavy atom. The summed E-state index contributed by atoms with van der Waals surface area (Å²) in [6.07, 6.45) is 9.13. The molecule has 0 heterocycles. The van der Waals surface area contributed by atoms with Crippen molar-refractivity contribution in [3.63, 3.8) is 0 Å². The van der Waals surface area contributed by atoms with E-state index in [0.29, 0.717) is 6.42 Å². The van der Waals surface area contributed by atoms with Gasteiger partial charge in [0.1, 0.15) is 0 Å². The van der Waals surface area contributed by atoms with Gasteiger partial charge in [-0.25, -0.2) is 4.79 Å². The predicted molar refractivity (Wildman–Crippen MR) is 77.1 cm³/mol. The molecule has 0 spiro atoms. The number of hydrogen-bond acceptors (Lipinski definition) is 5. The average Bonchev–Trinajstić information content (AvgIpc) is 2.47. The van der Waals surface area contributed by atoms with Crippen molar-refractivity contribution in [2.75, 3.05) is 6.61 Å². The maximum atomic E-state index is 11.3. The van der Waals surface area contributed by atoms with Crippen molar-refractivity contribution in [2.24, 2.45) is 5.92 Å². The molecular weight excluding hydrogens is 260 g/mol. The molecule has 0 aliphatic heterocycles. The van der Waals surface area contributed by atoms with Crippen molar-refractivity contribution in [3.05, 3.63) is 0 Å². The molecule has 5 nitrogen and oxygen atoms in total. The number of hydrogen-bond donors (Lipinski definition) is 3. The van der Waals surface area contributed by atoms with Crippen molar-refractivity contribution < 1.29 is 25.2 Å². The van der Waals surface area contributed by atoms with Crippen molar-refractivity contribution in [1.82, 2.24) is 0 Å². The van der Waals surface area contributed by atoms with Gasteiger partial charge in [-0.1, -0.05) is 58.3 Å². The van der Waals surface area contributed by atoms with Gasteiger partial charge in [-0.05, 0) is 12.8 Å². The van der Waals surface area contributed by atoms with Crippen molar-refractivity contribution in [2.45, 2.75) is 77.2 Å². The standard InChI is InChI=1S/C15H30O5/c1-2-3-4-5-6-7-8-9-10-13(15(18)20-19)11-14(17)12-16/h13-14,16-17,19H,2-12H2,1H3. The van der Waals surface area contributed by atoms with Gasteiger partial charge in [0, 0.05) is 0 Å². The SMILES string of the molecule is CCCCCCCCCCC(CC(O)CO)C(=O)OO. The van der Waals surface area contributed by atoms with E-state index in [1.165, 1.54) is 32.1 Å². The van der Waals surface area contributed by atoms with Crippen LogP contribution < -0.4 is 0 Å². The first-order chi connectivity index (χ1) is 9.65. The zero-order valence-corrected chi connectivity index (χ0v) is 12.6. The number of carbonyl (C=O) groups is 1. The van der Waals surface area contributed by atoms with Gasteiger partial charge < -0.3 is 15.1 Å². The molecule has 5 heteroatoms. The second-order valence-electron chi connectivity index (χ2n) is 5.44. The summed E-state index contributed by atoms with van der Waals surface area (Å²) in [5.41, 5.74) is 0. The third-order valence-electron chi connectivity index (χ3n) is 3.60. The number of carbonyl (C=O) groups excluding carboxylic acids is 1. The van der Waals surface area contributed by atoms with Crippen LogP contribution in [0.4, 0.5) is 0 Å². The molecule has 0 aromatic rings. The van der Waals surface area contributed by atoms with E-state index in [4.69, 9.17) is 10.4 Å². The molecule has 0 amide bonds. The summed E-state index contributed by atoms with van der Waals surface area (Å²) in [5.74, 6) is -1.26. The van der Waals surface area contributed by atoms with Crippen LogP contribution in [0.5, 0.6) is 0 Å². The Morgan fingerprint density at radius 3 is 2.10 bits per heavy atom. The topological polar surface area (TPSA) is 87.0 Å². The third kappa shape index (κ3) is 10.2. The quantitative estimate of drug-likeness (QED) is 0.276. The minimum atomic E-state index is -0.937. The first-order valence-corrected chi connectivity index (χ1v) is 7.79. The predicted octanol–water partition coefficient (Wildman–Crippen LogP) is 2.89. The lowest BCUT2D eigenvalue weighted by atomic mass is 9.94. The van der Waals surface area contributed by atoms with Crippen LogP contribution >= 0.6 is 0 Å². The zero-order chi connectivity index (χ0) is 15.2. The average molecular weight is 290 g/mol. The zero-order valence-electron chi connectivity index (χ0n) is 12.6. The lowest BCUT2D eigenvalue weighted by Gasteiger charge is -2.15. The molecule has 0 radical (unpaired) electrons. The normalized spacial score (nSPS) is 14.0. The van der Waals surface area contributed by atoms with E-state index in [0.717, 1.165) is 19.3 Å². The molecule has 0 bridgehead atoms. The highest BCUT2D eigenvalue weighted by molar-refractivity contribution is 5.71. The van der Waals surface area contributed by atoms with E-state index in [-0.39, 0.29) is 13.0 Å². The monoisotopic (exact) mass is 290 g/mol. The summed E-state index contributed by atoms with van der Waals surface area (Å²) in [7, 11) is 0. The van der Waals surface area contributed by atoms with Gasteiger partial charge in [0.25, 0.3) is 0 Å². The summed E-state index contributed by atoms with van der Waals surface area (Å²) >= 11 is 0. The van der Waals surface area contributed by atoms with Gasteiger partial charge >= 0.3 is 5.97 Å². The van der Waals surface area contributed by atoms with E-state index >= 15 is 0 Å². The molecule has 0 rings (SSSR count). The molecule has 120 valence electrons. The highest BCUT2D eigenvalue weighted by atomic mass is 17.1. The Kier molecular flexibility index (Phi) is 12.9.